The minimum Gasteiger partial charge on any atom is -0.497 e. The molecule has 5 heteroatoms. The van der Waals surface area contributed by atoms with Gasteiger partial charge in [0.05, 0.1) is 26.7 Å². The van der Waals surface area contributed by atoms with Crippen LogP contribution in [0.5, 0.6) is 5.75 Å². The Hall–Kier alpha value is -1.59. The summed E-state index contributed by atoms with van der Waals surface area (Å²) in [6, 6.07) is 7.48. The van der Waals surface area contributed by atoms with Crippen LogP contribution >= 0.6 is 0 Å². The van der Waals surface area contributed by atoms with Crippen LogP contribution in [0.2, 0.25) is 0 Å². The molecule has 0 bridgehead atoms. The Morgan fingerprint density at radius 2 is 2.21 bits per heavy atom. The lowest BCUT2D eigenvalue weighted by atomic mass is 10.0. The molecule has 1 saturated heterocycles. The van der Waals surface area contributed by atoms with Crippen molar-refractivity contribution >= 4 is 5.97 Å². The summed E-state index contributed by atoms with van der Waals surface area (Å²) in [4.78, 5) is 13.3. The summed E-state index contributed by atoms with van der Waals surface area (Å²) < 4.78 is 10.5. The molecule has 5 nitrogen and oxygen atoms in total. The lowest BCUT2D eigenvalue weighted by molar-refractivity contribution is -0.139. The van der Waals surface area contributed by atoms with E-state index in [1.807, 2.05) is 24.3 Å². The molecule has 19 heavy (non-hydrogen) atoms. The Balaban J connectivity index is 2.21. The number of carboxylic acid groups (broad SMARTS) is 1. The van der Waals surface area contributed by atoms with Crippen molar-refractivity contribution in [2.75, 3.05) is 33.4 Å². The Kier molecular flexibility index (Phi) is 4.76. The fourth-order valence-electron chi connectivity index (χ4n) is 2.36. The van der Waals surface area contributed by atoms with Crippen LogP contribution in [0.3, 0.4) is 0 Å². The van der Waals surface area contributed by atoms with Crippen LogP contribution in [0.25, 0.3) is 0 Å². The smallest absolute Gasteiger partial charge is 0.305 e. The number of hydrogen-bond donors (Lipinski definition) is 1. The van der Waals surface area contributed by atoms with E-state index in [1.54, 1.807) is 7.11 Å². The van der Waals surface area contributed by atoms with Gasteiger partial charge in [-0.15, -0.1) is 0 Å². The number of rotatable bonds is 5. The molecule has 1 heterocycles. The largest absolute Gasteiger partial charge is 0.497 e. The predicted molar refractivity (Wildman–Crippen MR) is 70.4 cm³/mol. The number of ether oxygens (including phenoxy) is 2. The summed E-state index contributed by atoms with van der Waals surface area (Å²) in [7, 11) is 1.61. The first-order valence-corrected chi connectivity index (χ1v) is 6.38. The van der Waals surface area contributed by atoms with Crippen molar-refractivity contribution in [2.24, 2.45) is 0 Å². The molecular formula is C14H19NO4. The first-order chi connectivity index (χ1) is 9.20. The number of morpholine rings is 1. The van der Waals surface area contributed by atoms with E-state index in [0.717, 1.165) is 24.4 Å². The van der Waals surface area contributed by atoms with Gasteiger partial charge in [0.1, 0.15) is 5.75 Å². The number of benzene rings is 1. The molecule has 0 radical (unpaired) electrons. The van der Waals surface area contributed by atoms with E-state index >= 15 is 0 Å². The van der Waals surface area contributed by atoms with Crippen LogP contribution in [0.4, 0.5) is 0 Å². The molecule has 1 aromatic rings. The van der Waals surface area contributed by atoms with Gasteiger partial charge >= 0.3 is 5.97 Å². The number of carbonyl (C=O) groups is 1. The third-order valence-electron chi connectivity index (χ3n) is 3.33. The summed E-state index contributed by atoms with van der Waals surface area (Å²) in [6.07, 6.45) is 0.0904. The Bertz CT molecular complexity index is 429. The molecule has 2 rings (SSSR count). The standard InChI is InChI=1S/C14H19NO4/c1-18-12-4-2-3-11(9-12)13(10-14(16)17)15-5-7-19-8-6-15/h2-4,9,13H,5-8,10H2,1H3,(H,16,17). The van der Waals surface area contributed by atoms with Crippen LogP contribution in [-0.4, -0.2) is 49.4 Å². The summed E-state index contributed by atoms with van der Waals surface area (Å²) >= 11 is 0. The molecule has 0 amide bonds. The molecule has 1 fully saturated rings. The zero-order valence-electron chi connectivity index (χ0n) is 11.0. The van der Waals surface area contributed by atoms with Gasteiger partial charge in [-0.05, 0) is 17.7 Å². The van der Waals surface area contributed by atoms with Crippen molar-refractivity contribution in [3.8, 4) is 5.75 Å². The van der Waals surface area contributed by atoms with Gasteiger partial charge in [0, 0.05) is 19.1 Å². The Morgan fingerprint density at radius 1 is 1.47 bits per heavy atom. The monoisotopic (exact) mass is 265 g/mol. The van der Waals surface area contributed by atoms with Gasteiger partial charge in [0.15, 0.2) is 0 Å². The van der Waals surface area contributed by atoms with E-state index in [1.165, 1.54) is 0 Å². The minimum absolute atomic E-state index is 0.0904. The van der Waals surface area contributed by atoms with Gasteiger partial charge in [-0.2, -0.15) is 0 Å². The topological polar surface area (TPSA) is 59.0 Å². The quantitative estimate of drug-likeness (QED) is 0.875. The third-order valence-corrected chi connectivity index (χ3v) is 3.33. The van der Waals surface area contributed by atoms with Crippen LogP contribution in [-0.2, 0) is 9.53 Å². The summed E-state index contributed by atoms with van der Waals surface area (Å²) in [5.41, 5.74) is 0.976. The number of nitrogens with zero attached hydrogens (tertiary/aromatic N) is 1. The van der Waals surface area contributed by atoms with Crippen molar-refractivity contribution in [3.63, 3.8) is 0 Å². The number of aliphatic carboxylic acids is 1. The van der Waals surface area contributed by atoms with Gasteiger partial charge in [-0.25, -0.2) is 0 Å². The van der Waals surface area contributed by atoms with E-state index in [9.17, 15) is 4.79 Å². The number of carboxylic acids is 1. The molecular weight excluding hydrogens is 246 g/mol. The third kappa shape index (κ3) is 3.68. The zero-order valence-corrected chi connectivity index (χ0v) is 11.0. The molecule has 1 aromatic carbocycles. The number of hydrogen-bond acceptors (Lipinski definition) is 4. The first-order valence-electron chi connectivity index (χ1n) is 6.38. The molecule has 1 aliphatic rings. The number of methoxy groups -OCH3 is 1. The molecule has 1 unspecified atom stereocenters. The van der Waals surface area contributed by atoms with Crippen molar-refractivity contribution < 1.29 is 19.4 Å². The fraction of sp³-hybridized carbons (Fsp3) is 0.500. The predicted octanol–water partition coefficient (Wildman–Crippen LogP) is 1.54. The van der Waals surface area contributed by atoms with Gasteiger partial charge < -0.3 is 14.6 Å². The molecule has 1 atom stereocenters. The van der Waals surface area contributed by atoms with Gasteiger partial charge in [-0.1, -0.05) is 12.1 Å². The summed E-state index contributed by atoms with van der Waals surface area (Å²) in [5.74, 6) is -0.0412. The molecule has 1 N–H and O–H groups in total. The second-order valence-electron chi connectivity index (χ2n) is 4.54. The summed E-state index contributed by atoms with van der Waals surface area (Å²) in [5, 5.41) is 9.11. The molecule has 0 aliphatic carbocycles. The van der Waals surface area contributed by atoms with Crippen molar-refractivity contribution in [1.82, 2.24) is 4.90 Å². The van der Waals surface area contributed by atoms with Crippen LogP contribution in [0.15, 0.2) is 24.3 Å². The molecule has 1 aliphatic heterocycles. The lowest BCUT2D eigenvalue weighted by Gasteiger charge is -2.34. The lowest BCUT2D eigenvalue weighted by Crippen LogP contribution is -2.39. The van der Waals surface area contributed by atoms with Gasteiger partial charge in [-0.3, -0.25) is 9.69 Å². The maximum Gasteiger partial charge on any atom is 0.305 e. The first kappa shape index (κ1) is 13.8. The van der Waals surface area contributed by atoms with Crippen molar-refractivity contribution in [2.45, 2.75) is 12.5 Å². The Morgan fingerprint density at radius 3 is 2.84 bits per heavy atom. The average Bonchev–Trinajstić information content (AvgIpc) is 2.45. The fourth-order valence-corrected chi connectivity index (χ4v) is 2.36. The van der Waals surface area contributed by atoms with Crippen molar-refractivity contribution in [1.29, 1.82) is 0 Å². The van der Waals surface area contributed by atoms with Gasteiger partial charge in [0.2, 0.25) is 0 Å². The second-order valence-corrected chi connectivity index (χ2v) is 4.54. The van der Waals surface area contributed by atoms with Crippen LogP contribution in [0.1, 0.15) is 18.0 Å². The Labute approximate surface area is 112 Å². The average molecular weight is 265 g/mol. The minimum atomic E-state index is -0.792. The highest BCUT2D eigenvalue weighted by atomic mass is 16.5. The van der Waals surface area contributed by atoms with Crippen LogP contribution in [0, 0.1) is 0 Å². The molecule has 0 aromatic heterocycles. The molecule has 104 valence electrons. The van der Waals surface area contributed by atoms with Crippen LogP contribution < -0.4 is 4.74 Å². The second kappa shape index (κ2) is 6.54. The normalized spacial score (nSPS) is 17.9. The highest BCUT2D eigenvalue weighted by Gasteiger charge is 2.25. The summed E-state index contributed by atoms with van der Waals surface area (Å²) in [6.45, 7) is 2.82. The van der Waals surface area contributed by atoms with E-state index in [4.69, 9.17) is 14.6 Å². The van der Waals surface area contributed by atoms with Crippen molar-refractivity contribution in [3.05, 3.63) is 29.8 Å². The SMILES string of the molecule is COc1cccc(C(CC(=O)O)N2CCOCC2)c1. The highest BCUT2D eigenvalue weighted by molar-refractivity contribution is 5.68. The maximum atomic E-state index is 11.1. The van der Waals surface area contributed by atoms with E-state index in [2.05, 4.69) is 4.90 Å². The molecule has 0 saturated carbocycles. The maximum absolute atomic E-state index is 11.1. The van der Waals surface area contributed by atoms with E-state index < -0.39 is 5.97 Å². The molecule has 0 spiro atoms. The zero-order chi connectivity index (χ0) is 13.7. The van der Waals surface area contributed by atoms with Gasteiger partial charge in [0.25, 0.3) is 0 Å². The highest BCUT2D eigenvalue weighted by Crippen LogP contribution is 2.27. The van der Waals surface area contributed by atoms with E-state index in [-0.39, 0.29) is 12.5 Å². The van der Waals surface area contributed by atoms with E-state index in [0.29, 0.717) is 13.2 Å².